The molecule has 1 aliphatic heterocycles. The first kappa shape index (κ1) is 23.6. The molecule has 0 fully saturated rings. The van der Waals surface area contributed by atoms with E-state index in [9.17, 15) is 4.79 Å². The Morgan fingerprint density at radius 1 is 1.17 bits per heavy atom. The second kappa shape index (κ2) is 9.50. The zero-order valence-corrected chi connectivity index (χ0v) is 20.9. The second-order valence-electron chi connectivity index (χ2n) is 9.17. The van der Waals surface area contributed by atoms with Gasteiger partial charge in [-0.2, -0.15) is 10.1 Å². The molecule has 0 atom stereocenters. The monoisotopic (exact) mass is 503 g/mol. The standard InChI is InChI=1S/C26H26ClN7O2/c1-26(2)10-9-23(35)31-20-7-5-16(13-18(20)26)30-25-28-15-19(27)24(33-25)32-21-8-6-17(36-3)14-22(21)34-12-4-11-29-34/h4-8,11-15H,9-10H2,1-3H3,(H,31,35)(H2,28,30,32,33). The van der Waals surface area contributed by atoms with Gasteiger partial charge in [-0.3, -0.25) is 4.79 Å². The van der Waals surface area contributed by atoms with Crippen molar-refractivity contribution in [2.75, 3.05) is 23.1 Å². The number of aromatic nitrogens is 4. The first-order chi connectivity index (χ1) is 17.3. The van der Waals surface area contributed by atoms with Crippen molar-refractivity contribution in [2.24, 2.45) is 0 Å². The van der Waals surface area contributed by atoms with Crippen LogP contribution in [0.3, 0.4) is 0 Å². The summed E-state index contributed by atoms with van der Waals surface area (Å²) in [6, 6.07) is 13.3. The molecule has 2 aromatic heterocycles. The lowest BCUT2D eigenvalue weighted by atomic mass is 9.80. The highest BCUT2D eigenvalue weighted by Crippen LogP contribution is 2.38. The molecular formula is C26H26ClN7O2. The lowest BCUT2D eigenvalue weighted by Crippen LogP contribution is -2.16. The van der Waals surface area contributed by atoms with Crippen LogP contribution in [0.25, 0.3) is 5.69 Å². The van der Waals surface area contributed by atoms with E-state index in [1.54, 1.807) is 24.2 Å². The van der Waals surface area contributed by atoms with Crippen molar-refractivity contribution < 1.29 is 9.53 Å². The predicted molar refractivity (Wildman–Crippen MR) is 141 cm³/mol. The molecule has 2 aromatic carbocycles. The molecule has 3 N–H and O–H groups in total. The molecule has 0 bridgehead atoms. The summed E-state index contributed by atoms with van der Waals surface area (Å²) in [6.45, 7) is 4.28. The van der Waals surface area contributed by atoms with E-state index < -0.39 is 0 Å². The summed E-state index contributed by atoms with van der Waals surface area (Å²) >= 11 is 6.45. The van der Waals surface area contributed by atoms with Crippen molar-refractivity contribution in [1.29, 1.82) is 0 Å². The minimum Gasteiger partial charge on any atom is -0.497 e. The van der Waals surface area contributed by atoms with E-state index in [1.807, 2.05) is 48.7 Å². The summed E-state index contributed by atoms with van der Waals surface area (Å²) in [5.41, 5.74) is 4.07. The summed E-state index contributed by atoms with van der Waals surface area (Å²) < 4.78 is 7.11. The third kappa shape index (κ3) is 4.83. The number of anilines is 5. The van der Waals surface area contributed by atoms with Crippen LogP contribution in [0.15, 0.2) is 61.1 Å². The molecule has 10 heteroatoms. The van der Waals surface area contributed by atoms with Crippen molar-refractivity contribution >= 4 is 46.3 Å². The largest absolute Gasteiger partial charge is 0.497 e. The van der Waals surface area contributed by atoms with E-state index in [2.05, 4.69) is 44.9 Å². The molecule has 0 aliphatic carbocycles. The molecule has 1 amide bonds. The van der Waals surface area contributed by atoms with Crippen LogP contribution in [0, 0.1) is 0 Å². The third-order valence-electron chi connectivity index (χ3n) is 6.21. The third-order valence-corrected chi connectivity index (χ3v) is 6.49. The molecule has 0 saturated carbocycles. The van der Waals surface area contributed by atoms with E-state index in [1.165, 1.54) is 0 Å². The van der Waals surface area contributed by atoms with E-state index in [0.29, 0.717) is 29.0 Å². The Morgan fingerprint density at radius 3 is 2.81 bits per heavy atom. The summed E-state index contributed by atoms with van der Waals surface area (Å²) in [5.74, 6) is 1.55. The Labute approximate surface area is 213 Å². The topological polar surface area (TPSA) is 106 Å². The Bertz CT molecular complexity index is 1420. The number of fused-ring (bicyclic) bond motifs is 1. The van der Waals surface area contributed by atoms with Gasteiger partial charge in [0.1, 0.15) is 10.8 Å². The zero-order valence-electron chi connectivity index (χ0n) is 20.2. The van der Waals surface area contributed by atoms with Crippen LogP contribution in [0.4, 0.5) is 28.8 Å². The molecule has 0 spiro atoms. The molecule has 9 nitrogen and oxygen atoms in total. The first-order valence-corrected chi connectivity index (χ1v) is 11.9. The molecule has 184 valence electrons. The Morgan fingerprint density at radius 2 is 2.03 bits per heavy atom. The van der Waals surface area contributed by atoms with E-state index in [0.717, 1.165) is 34.7 Å². The second-order valence-corrected chi connectivity index (χ2v) is 9.57. The number of benzene rings is 2. The van der Waals surface area contributed by atoms with Gasteiger partial charge in [0.05, 0.1) is 24.7 Å². The summed E-state index contributed by atoms with van der Waals surface area (Å²) in [6.07, 6.45) is 6.35. The molecule has 0 unspecified atom stereocenters. The lowest BCUT2D eigenvalue weighted by molar-refractivity contribution is -0.116. The van der Waals surface area contributed by atoms with E-state index in [-0.39, 0.29) is 11.3 Å². The molecule has 36 heavy (non-hydrogen) atoms. The highest BCUT2D eigenvalue weighted by atomic mass is 35.5. The zero-order chi connectivity index (χ0) is 25.3. The average molecular weight is 504 g/mol. The quantitative estimate of drug-likeness (QED) is 0.304. The normalized spacial score (nSPS) is 14.4. The van der Waals surface area contributed by atoms with Gasteiger partial charge >= 0.3 is 0 Å². The maximum Gasteiger partial charge on any atom is 0.229 e. The molecular weight excluding hydrogens is 478 g/mol. The highest BCUT2D eigenvalue weighted by Gasteiger charge is 2.28. The number of carbonyl (C=O) groups is 1. The summed E-state index contributed by atoms with van der Waals surface area (Å²) in [4.78, 5) is 21.0. The lowest BCUT2D eigenvalue weighted by Gasteiger charge is -2.25. The van der Waals surface area contributed by atoms with Crippen molar-refractivity contribution in [2.45, 2.75) is 32.1 Å². The number of amides is 1. The van der Waals surface area contributed by atoms with Crippen LogP contribution in [-0.4, -0.2) is 32.8 Å². The Hall–Kier alpha value is -4.11. The smallest absolute Gasteiger partial charge is 0.229 e. The number of halogens is 1. The predicted octanol–water partition coefficient (Wildman–Crippen LogP) is 5.82. The van der Waals surface area contributed by atoms with Crippen LogP contribution < -0.4 is 20.7 Å². The summed E-state index contributed by atoms with van der Waals surface area (Å²) in [5, 5.41) is 14.3. The molecule has 0 radical (unpaired) electrons. The Kier molecular flexibility index (Phi) is 6.24. The Balaban J connectivity index is 1.44. The summed E-state index contributed by atoms with van der Waals surface area (Å²) in [7, 11) is 1.62. The fraction of sp³-hybridized carbons (Fsp3) is 0.231. The van der Waals surface area contributed by atoms with Crippen molar-refractivity contribution in [3.05, 3.63) is 71.6 Å². The maximum absolute atomic E-state index is 12.1. The van der Waals surface area contributed by atoms with E-state index in [4.69, 9.17) is 16.3 Å². The van der Waals surface area contributed by atoms with Gasteiger partial charge < -0.3 is 20.7 Å². The van der Waals surface area contributed by atoms with Crippen LogP contribution in [0.1, 0.15) is 32.3 Å². The maximum atomic E-state index is 12.1. The van der Waals surface area contributed by atoms with Gasteiger partial charge in [-0.25, -0.2) is 9.67 Å². The van der Waals surface area contributed by atoms with E-state index >= 15 is 0 Å². The number of ether oxygens (including phenoxy) is 1. The number of nitrogens with zero attached hydrogens (tertiary/aromatic N) is 4. The number of methoxy groups -OCH3 is 1. The molecule has 5 rings (SSSR count). The van der Waals surface area contributed by atoms with Crippen LogP contribution in [0.5, 0.6) is 5.75 Å². The van der Waals surface area contributed by atoms with Gasteiger partial charge in [0.15, 0.2) is 5.82 Å². The fourth-order valence-electron chi connectivity index (χ4n) is 4.18. The van der Waals surface area contributed by atoms with Gasteiger partial charge in [-0.1, -0.05) is 25.4 Å². The molecule has 0 saturated heterocycles. The highest BCUT2D eigenvalue weighted by molar-refractivity contribution is 6.33. The van der Waals surface area contributed by atoms with Gasteiger partial charge in [-0.15, -0.1) is 0 Å². The average Bonchev–Trinajstić information content (AvgIpc) is 3.37. The van der Waals surface area contributed by atoms with Crippen molar-refractivity contribution in [3.63, 3.8) is 0 Å². The van der Waals surface area contributed by atoms with Gasteiger partial charge in [-0.05, 0) is 53.8 Å². The molecule has 4 aromatic rings. The SMILES string of the molecule is COc1ccc(Nc2nc(Nc3ccc4c(c3)C(C)(C)CCC(=O)N4)ncc2Cl)c(-n2cccn2)c1. The van der Waals surface area contributed by atoms with Crippen molar-refractivity contribution in [3.8, 4) is 11.4 Å². The van der Waals surface area contributed by atoms with Gasteiger partial charge in [0, 0.05) is 36.3 Å². The van der Waals surface area contributed by atoms with Gasteiger partial charge in [0.25, 0.3) is 0 Å². The minimum absolute atomic E-state index is 0.0345. The number of rotatable bonds is 6. The number of nitrogens with one attached hydrogen (secondary N) is 3. The number of carbonyl (C=O) groups excluding carboxylic acids is 1. The van der Waals surface area contributed by atoms with Crippen LogP contribution in [0.2, 0.25) is 5.02 Å². The fourth-order valence-corrected chi connectivity index (χ4v) is 4.32. The van der Waals surface area contributed by atoms with Crippen molar-refractivity contribution in [1.82, 2.24) is 19.7 Å². The first-order valence-electron chi connectivity index (χ1n) is 11.5. The van der Waals surface area contributed by atoms with Crippen LogP contribution >= 0.6 is 11.6 Å². The number of hydrogen-bond donors (Lipinski definition) is 3. The molecule has 3 heterocycles. The number of hydrogen-bond acceptors (Lipinski definition) is 7. The molecule has 1 aliphatic rings. The van der Waals surface area contributed by atoms with Crippen LogP contribution in [-0.2, 0) is 10.2 Å². The van der Waals surface area contributed by atoms with Gasteiger partial charge in [0.2, 0.25) is 11.9 Å². The minimum atomic E-state index is -0.156.